The van der Waals surface area contributed by atoms with Crippen molar-refractivity contribution in [2.75, 3.05) is 12.3 Å². The Bertz CT molecular complexity index is 636. The molecule has 1 amide bonds. The van der Waals surface area contributed by atoms with Crippen molar-refractivity contribution in [3.05, 3.63) is 22.7 Å². The Morgan fingerprint density at radius 1 is 1.58 bits per heavy atom. The molecule has 24 heavy (non-hydrogen) atoms. The van der Waals surface area contributed by atoms with Crippen LogP contribution in [0.3, 0.4) is 0 Å². The number of nitrogen functional groups attached to an aromatic ring is 1. The molecule has 0 radical (unpaired) electrons. The highest BCUT2D eigenvalue weighted by Gasteiger charge is 2.48. The third-order valence-electron chi connectivity index (χ3n) is 3.97. The van der Waals surface area contributed by atoms with Gasteiger partial charge in [0, 0.05) is 6.07 Å². The summed E-state index contributed by atoms with van der Waals surface area (Å²) in [5.41, 5.74) is 10.7. The van der Waals surface area contributed by atoms with Crippen LogP contribution >= 0.6 is 0 Å². The molecule has 1 aromatic rings. The lowest BCUT2D eigenvalue weighted by Crippen LogP contribution is -2.62. The van der Waals surface area contributed by atoms with Crippen LogP contribution in [-0.4, -0.2) is 52.0 Å². The first-order valence-corrected chi connectivity index (χ1v) is 7.79. The van der Waals surface area contributed by atoms with Gasteiger partial charge in [0.05, 0.1) is 12.6 Å². The van der Waals surface area contributed by atoms with Crippen molar-refractivity contribution >= 4 is 11.7 Å². The quantitative estimate of drug-likeness (QED) is 0.302. The van der Waals surface area contributed by atoms with E-state index in [0.29, 0.717) is 6.42 Å². The number of nitrogens with two attached hydrogens (primary N) is 2. The van der Waals surface area contributed by atoms with Gasteiger partial charge in [-0.1, -0.05) is 13.3 Å². The van der Waals surface area contributed by atoms with Crippen LogP contribution < -0.4 is 27.0 Å². The molecular formula is C14H24N5O5+. The standard InChI is InChI=1S/C14H23N5O5/c1-2-3-7(15)12(22)18-10-11(21)8(6-20)24-13(10)19-5-4-9(16)17-14(19)23/h4-5,7-8,10-11,13,20-21H,2-3,6,15H2,1H3,(H3,16,17,18,22,23)/p+1/t7?,8-,10?,11?,13-/m1/s1. The number of amides is 1. The molecule has 0 aromatic carbocycles. The second-order valence-electron chi connectivity index (χ2n) is 5.78. The normalized spacial score (nSPS) is 27.8. The number of nitrogens with one attached hydrogen (secondary N) is 2. The molecule has 0 saturated carbocycles. The summed E-state index contributed by atoms with van der Waals surface area (Å²) in [7, 11) is 0. The van der Waals surface area contributed by atoms with Crippen LogP contribution in [0.5, 0.6) is 0 Å². The van der Waals surface area contributed by atoms with Gasteiger partial charge in [0.1, 0.15) is 24.4 Å². The van der Waals surface area contributed by atoms with Gasteiger partial charge >= 0.3 is 5.69 Å². The van der Waals surface area contributed by atoms with Crippen LogP contribution in [0.4, 0.5) is 5.82 Å². The minimum absolute atomic E-state index is 0.166. The van der Waals surface area contributed by atoms with E-state index in [-0.39, 0.29) is 5.82 Å². The van der Waals surface area contributed by atoms with Crippen LogP contribution in [0.25, 0.3) is 0 Å². The molecule has 10 heteroatoms. The van der Waals surface area contributed by atoms with Crippen molar-refractivity contribution in [1.29, 1.82) is 0 Å². The van der Waals surface area contributed by atoms with E-state index in [2.05, 4.69) is 10.3 Å². The molecule has 0 bridgehead atoms. The lowest BCUT2D eigenvalue weighted by Gasteiger charge is -2.21. The molecule has 3 unspecified atom stereocenters. The zero-order valence-electron chi connectivity index (χ0n) is 13.4. The summed E-state index contributed by atoms with van der Waals surface area (Å²) in [6.07, 6.45) is -0.531. The minimum atomic E-state index is -1.19. The fourth-order valence-corrected chi connectivity index (χ4v) is 2.66. The molecule has 0 aliphatic carbocycles. The van der Waals surface area contributed by atoms with Crippen molar-refractivity contribution in [3.63, 3.8) is 0 Å². The number of aliphatic hydroxyl groups excluding tert-OH is 2. The predicted octanol–water partition coefficient (Wildman–Crippen LogP) is -2.89. The van der Waals surface area contributed by atoms with E-state index in [1.807, 2.05) is 6.92 Å². The molecule has 1 saturated heterocycles. The van der Waals surface area contributed by atoms with Crippen LogP contribution in [0.15, 0.2) is 17.1 Å². The summed E-state index contributed by atoms with van der Waals surface area (Å²) in [4.78, 5) is 26.6. The molecule has 134 valence electrons. The van der Waals surface area contributed by atoms with Gasteiger partial charge in [0.15, 0.2) is 5.82 Å². The van der Waals surface area contributed by atoms with Crippen molar-refractivity contribution in [1.82, 2.24) is 10.3 Å². The van der Waals surface area contributed by atoms with E-state index in [1.54, 1.807) is 0 Å². The van der Waals surface area contributed by atoms with Gasteiger partial charge in [0.2, 0.25) is 12.1 Å². The number of aliphatic hydroxyl groups is 2. The molecule has 1 aromatic heterocycles. The number of H-pyrrole nitrogens is 1. The lowest BCUT2D eigenvalue weighted by molar-refractivity contribution is -0.775. The van der Waals surface area contributed by atoms with Crippen LogP contribution in [-0.2, 0) is 9.53 Å². The Morgan fingerprint density at radius 3 is 2.88 bits per heavy atom. The van der Waals surface area contributed by atoms with Crippen molar-refractivity contribution in [3.8, 4) is 0 Å². The first-order valence-electron chi connectivity index (χ1n) is 7.79. The maximum absolute atomic E-state index is 12.2. The first kappa shape index (κ1) is 18.3. The Balaban J connectivity index is 2.27. The summed E-state index contributed by atoms with van der Waals surface area (Å²) in [6, 6.07) is -0.219. The fraction of sp³-hybridized carbons (Fsp3) is 0.643. The van der Waals surface area contributed by atoms with Crippen LogP contribution in [0.2, 0.25) is 0 Å². The van der Waals surface area contributed by atoms with E-state index in [0.717, 1.165) is 11.0 Å². The largest absolute Gasteiger partial charge is 0.499 e. The zero-order valence-corrected chi connectivity index (χ0v) is 13.4. The van der Waals surface area contributed by atoms with Gasteiger partial charge < -0.3 is 31.7 Å². The third-order valence-corrected chi connectivity index (χ3v) is 3.97. The molecule has 1 aliphatic rings. The number of nitrogens with zero attached hydrogens (tertiary/aromatic N) is 1. The zero-order chi connectivity index (χ0) is 17.9. The predicted molar refractivity (Wildman–Crippen MR) is 83.5 cm³/mol. The highest BCUT2D eigenvalue weighted by Crippen LogP contribution is 2.25. The van der Waals surface area contributed by atoms with E-state index in [4.69, 9.17) is 16.2 Å². The molecule has 0 spiro atoms. The Hall–Kier alpha value is -2.01. The monoisotopic (exact) mass is 342 g/mol. The van der Waals surface area contributed by atoms with E-state index >= 15 is 0 Å². The second-order valence-corrected chi connectivity index (χ2v) is 5.78. The molecule has 5 atom stereocenters. The number of aromatic amines is 1. The summed E-state index contributed by atoms with van der Waals surface area (Å²) < 4.78 is 6.69. The molecule has 2 rings (SSSR count). The van der Waals surface area contributed by atoms with Gasteiger partial charge in [0.25, 0.3) is 0 Å². The topological polar surface area (TPSA) is 168 Å². The molecule has 10 nitrogen and oxygen atoms in total. The SMILES string of the molecule is CCCC(N)C(=O)NC1C(O)[C@@H](CO)O[C@H]1[n+]1ccc(N)[nH]c1=O. The number of carbonyl (C=O) groups is 1. The number of carbonyl (C=O) groups excluding carboxylic acids is 1. The lowest BCUT2D eigenvalue weighted by atomic mass is 10.1. The second kappa shape index (κ2) is 7.71. The molecule has 1 aliphatic heterocycles. The average molecular weight is 342 g/mol. The molecule has 1 fully saturated rings. The minimum Gasteiger partial charge on any atom is -0.394 e. The van der Waals surface area contributed by atoms with Gasteiger partial charge in [-0.25, -0.2) is 0 Å². The Morgan fingerprint density at radius 2 is 2.29 bits per heavy atom. The fourth-order valence-electron chi connectivity index (χ4n) is 2.66. The molecular weight excluding hydrogens is 318 g/mol. The third kappa shape index (κ3) is 3.73. The smallest absolute Gasteiger partial charge is 0.394 e. The first-order chi connectivity index (χ1) is 11.4. The van der Waals surface area contributed by atoms with E-state index in [9.17, 15) is 19.8 Å². The number of rotatable bonds is 6. The highest BCUT2D eigenvalue weighted by atomic mass is 16.5. The highest BCUT2D eigenvalue weighted by molar-refractivity contribution is 5.81. The van der Waals surface area contributed by atoms with Crippen LogP contribution in [0.1, 0.15) is 26.0 Å². The van der Waals surface area contributed by atoms with Gasteiger partial charge in [-0.2, -0.15) is 14.3 Å². The van der Waals surface area contributed by atoms with Crippen molar-refractivity contribution in [2.45, 2.75) is 50.3 Å². The van der Waals surface area contributed by atoms with Gasteiger partial charge in [-0.3, -0.25) is 4.79 Å². The molecule has 2 heterocycles. The van der Waals surface area contributed by atoms with E-state index < -0.39 is 48.7 Å². The molecule has 8 N–H and O–H groups in total. The van der Waals surface area contributed by atoms with Crippen molar-refractivity contribution in [2.24, 2.45) is 5.73 Å². The number of ether oxygens (including phenoxy) is 1. The summed E-state index contributed by atoms with van der Waals surface area (Å²) >= 11 is 0. The number of hydrogen-bond donors (Lipinski definition) is 6. The average Bonchev–Trinajstić information content (AvgIpc) is 2.84. The van der Waals surface area contributed by atoms with E-state index in [1.165, 1.54) is 12.3 Å². The Labute approximate surface area is 138 Å². The van der Waals surface area contributed by atoms with Gasteiger partial charge in [-0.05, 0) is 6.42 Å². The van der Waals surface area contributed by atoms with Crippen molar-refractivity contribution < 1.29 is 24.3 Å². The summed E-state index contributed by atoms with van der Waals surface area (Å²) in [5, 5.41) is 22.2. The Kier molecular flexibility index (Phi) is 5.89. The summed E-state index contributed by atoms with van der Waals surface area (Å²) in [5.74, 6) is -0.292. The maximum atomic E-state index is 12.2. The summed E-state index contributed by atoms with van der Waals surface area (Å²) in [6.45, 7) is 1.44. The maximum Gasteiger partial charge on any atom is 0.499 e. The number of hydrogen-bond acceptors (Lipinski definition) is 7. The van der Waals surface area contributed by atoms with Gasteiger partial charge in [-0.15, -0.1) is 0 Å². The number of aromatic nitrogens is 2. The van der Waals surface area contributed by atoms with Crippen LogP contribution in [0, 0.1) is 0 Å². The number of anilines is 1.